The van der Waals surface area contributed by atoms with Gasteiger partial charge in [0, 0.05) is 36.7 Å². The van der Waals surface area contributed by atoms with Crippen LogP contribution in [-0.4, -0.2) is 40.7 Å². The molecular weight excluding hydrogens is 689 g/mol. The van der Waals surface area contributed by atoms with E-state index in [4.69, 9.17) is 8.84 Å². The van der Waals surface area contributed by atoms with E-state index in [0.717, 1.165) is 33.2 Å². The number of phenols is 1. The highest BCUT2D eigenvalue weighted by Gasteiger charge is 2.39. The van der Waals surface area contributed by atoms with Crippen LogP contribution in [0.15, 0.2) is 111 Å². The molecule has 0 spiro atoms. The molecule has 0 saturated carbocycles. The summed E-state index contributed by atoms with van der Waals surface area (Å²) in [5.74, 6) is -0.486. The van der Waals surface area contributed by atoms with Crippen LogP contribution in [0.1, 0.15) is 43.6 Å². The first-order valence-electron chi connectivity index (χ1n) is 17.4. The van der Waals surface area contributed by atoms with E-state index in [0.29, 0.717) is 35.4 Å². The fraction of sp³-hybridized carbons (Fsp3) is 0.244. The molecule has 0 aliphatic heterocycles. The number of benzene rings is 4. The van der Waals surface area contributed by atoms with Crippen LogP contribution in [-0.2, 0) is 17.5 Å². The van der Waals surface area contributed by atoms with E-state index in [1.807, 2.05) is 78.9 Å². The summed E-state index contributed by atoms with van der Waals surface area (Å²) in [5.41, 5.74) is 5.85. The number of aromatic nitrogens is 2. The normalized spacial score (nSPS) is 12.8. The highest BCUT2D eigenvalue weighted by Crippen LogP contribution is 2.41. The number of hydrogen-bond acceptors (Lipinski definition) is 7. The average Bonchev–Trinajstić information content (AvgIpc) is 3.41. The molecule has 6 rings (SSSR count). The molecule has 53 heavy (non-hydrogen) atoms. The molecule has 1 amide bonds. The molecule has 0 unspecified atom stereocenters. The third-order valence-corrected chi connectivity index (χ3v) is 14.3. The maximum atomic E-state index is 12.9. The second-order valence-corrected chi connectivity index (χ2v) is 19.3. The van der Waals surface area contributed by atoms with Crippen LogP contribution >= 0.6 is 0 Å². The summed E-state index contributed by atoms with van der Waals surface area (Å²) in [6.45, 7) is 12.1. The molecule has 0 aliphatic carbocycles. The predicted octanol–water partition coefficient (Wildman–Crippen LogP) is 8.46. The van der Waals surface area contributed by atoms with Crippen molar-refractivity contribution in [2.45, 2.75) is 58.1 Å². The Balaban J connectivity index is 1.18. The van der Waals surface area contributed by atoms with E-state index < -0.39 is 20.2 Å². The van der Waals surface area contributed by atoms with Crippen LogP contribution in [0.2, 0.25) is 18.1 Å². The summed E-state index contributed by atoms with van der Waals surface area (Å²) in [4.78, 5) is 39.2. The summed E-state index contributed by atoms with van der Waals surface area (Å²) in [6, 6.07) is 27.3. The van der Waals surface area contributed by atoms with E-state index in [1.54, 1.807) is 22.8 Å². The Morgan fingerprint density at radius 1 is 1.00 bits per heavy atom. The molecule has 0 fully saturated rings. The number of carbonyl (C=O) groups is 1. The van der Waals surface area contributed by atoms with Crippen molar-refractivity contribution in [1.82, 2.24) is 14.9 Å². The zero-order valence-electron chi connectivity index (χ0n) is 30.4. The first-order chi connectivity index (χ1) is 25.2. The van der Waals surface area contributed by atoms with Crippen molar-refractivity contribution in [3.8, 4) is 16.9 Å². The first-order valence-corrected chi connectivity index (χ1v) is 20.3. The van der Waals surface area contributed by atoms with E-state index in [-0.39, 0.29) is 29.0 Å². The number of rotatable bonds is 12. The van der Waals surface area contributed by atoms with Crippen molar-refractivity contribution in [2.24, 2.45) is 0 Å². The second-order valence-electron chi connectivity index (χ2n) is 14.6. The third-order valence-electron chi connectivity index (χ3n) is 9.86. The lowest BCUT2D eigenvalue weighted by molar-refractivity contribution is 0.181. The van der Waals surface area contributed by atoms with Gasteiger partial charge in [0.1, 0.15) is 5.75 Å². The third kappa shape index (κ3) is 8.36. The lowest BCUT2D eigenvalue weighted by Crippen LogP contribution is -2.43. The van der Waals surface area contributed by atoms with Gasteiger partial charge in [-0.05, 0) is 70.7 Å². The minimum Gasteiger partial charge on any atom is -0.506 e. The number of carboxylic acid groups (broad SMARTS) is 1. The Kier molecular flexibility index (Phi) is 10.6. The number of allylic oxidation sites excluding steroid dienone is 1. The van der Waals surface area contributed by atoms with E-state index in [9.17, 15) is 24.6 Å². The summed E-state index contributed by atoms with van der Waals surface area (Å²) in [7, 11) is -2.25. The highest BCUT2D eigenvalue weighted by atomic mass is 28.4. The lowest BCUT2D eigenvalue weighted by Gasteiger charge is -2.39. The molecule has 2 aromatic heterocycles. The van der Waals surface area contributed by atoms with Crippen molar-refractivity contribution in [2.75, 3.05) is 11.9 Å². The molecule has 2 heterocycles. The SMILES string of the molecule is CC(C)(C)[Si](C)(C)O[C@H](CNCc1ccc2c(c1)oc(=O)n2C/C=C/c1ccc(-c2ccccc2)c(NC(=O)O)c1)c1ccc(O)c2[nH]c(=O)ccc12. The summed E-state index contributed by atoms with van der Waals surface area (Å²) >= 11 is 0. The number of nitrogens with zero attached hydrogens (tertiary/aromatic N) is 1. The number of nitrogens with one attached hydrogen (secondary N) is 3. The van der Waals surface area contributed by atoms with Crippen molar-refractivity contribution in [3.63, 3.8) is 0 Å². The molecule has 0 radical (unpaired) electrons. The summed E-state index contributed by atoms with van der Waals surface area (Å²) in [5, 5.41) is 26.6. The molecule has 0 saturated heterocycles. The van der Waals surface area contributed by atoms with Gasteiger partial charge in [0.05, 0.1) is 22.8 Å². The highest BCUT2D eigenvalue weighted by molar-refractivity contribution is 6.74. The molecule has 11 nitrogen and oxygen atoms in total. The number of aromatic amines is 1. The van der Waals surface area contributed by atoms with Gasteiger partial charge in [-0.3, -0.25) is 14.7 Å². The Morgan fingerprint density at radius 3 is 2.51 bits per heavy atom. The van der Waals surface area contributed by atoms with Gasteiger partial charge < -0.3 is 29.4 Å². The number of oxazole rings is 1. The van der Waals surface area contributed by atoms with E-state index >= 15 is 0 Å². The fourth-order valence-corrected chi connectivity index (χ4v) is 7.35. The smallest absolute Gasteiger partial charge is 0.420 e. The van der Waals surface area contributed by atoms with Crippen LogP contribution in [0.25, 0.3) is 39.2 Å². The van der Waals surface area contributed by atoms with Crippen molar-refractivity contribution >= 4 is 48.2 Å². The predicted molar refractivity (Wildman–Crippen MR) is 212 cm³/mol. The topological polar surface area (TPSA) is 159 Å². The molecule has 4 aromatic carbocycles. The number of fused-ring (bicyclic) bond motifs is 2. The van der Waals surface area contributed by atoms with Crippen molar-refractivity contribution in [3.05, 3.63) is 135 Å². The first kappa shape index (κ1) is 37.1. The Hall–Kier alpha value is -5.69. The van der Waals surface area contributed by atoms with Gasteiger partial charge in [0.2, 0.25) is 5.56 Å². The average molecular weight is 733 g/mol. The van der Waals surface area contributed by atoms with Gasteiger partial charge >= 0.3 is 11.8 Å². The maximum Gasteiger partial charge on any atom is 0.420 e. The van der Waals surface area contributed by atoms with Gasteiger partial charge in [-0.1, -0.05) is 87.5 Å². The number of aromatic hydroxyl groups is 1. The molecule has 274 valence electrons. The molecule has 5 N–H and O–H groups in total. The molecular formula is C41H44N4O7Si. The number of anilines is 1. The van der Waals surface area contributed by atoms with E-state index in [1.165, 1.54) is 6.07 Å². The molecule has 12 heteroatoms. The zero-order chi connectivity index (χ0) is 37.9. The Bertz CT molecular complexity index is 2420. The van der Waals surface area contributed by atoms with Gasteiger partial charge in [-0.2, -0.15) is 0 Å². The molecule has 6 aromatic rings. The van der Waals surface area contributed by atoms with Crippen LogP contribution in [0.4, 0.5) is 10.5 Å². The molecule has 0 bridgehead atoms. The van der Waals surface area contributed by atoms with E-state index in [2.05, 4.69) is 49.5 Å². The monoisotopic (exact) mass is 732 g/mol. The number of phenolic OH excluding ortho intramolecular Hbond substituents is 1. The largest absolute Gasteiger partial charge is 0.506 e. The quantitative estimate of drug-likeness (QED) is 0.0784. The van der Waals surface area contributed by atoms with Crippen LogP contribution in [0, 0.1) is 0 Å². The summed E-state index contributed by atoms with van der Waals surface area (Å²) < 4.78 is 14.1. The fourth-order valence-electron chi connectivity index (χ4n) is 6.08. The maximum absolute atomic E-state index is 12.9. The lowest BCUT2D eigenvalue weighted by atomic mass is 10.0. The Labute approximate surface area is 307 Å². The van der Waals surface area contributed by atoms with Crippen molar-refractivity contribution < 1.29 is 23.9 Å². The van der Waals surface area contributed by atoms with Crippen molar-refractivity contribution in [1.29, 1.82) is 0 Å². The number of hydrogen-bond donors (Lipinski definition) is 5. The number of amides is 1. The van der Waals surface area contributed by atoms with Crippen LogP contribution in [0.3, 0.4) is 0 Å². The summed E-state index contributed by atoms with van der Waals surface area (Å²) in [6.07, 6.45) is 2.14. The van der Waals surface area contributed by atoms with Gasteiger partial charge in [-0.15, -0.1) is 0 Å². The number of pyridine rings is 1. The Morgan fingerprint density at radius 2 is 1.77 bits per heavy atom. The number of H-pyrrole nitrogens is 1. The molecule has 1 atom stereocenters. The van der Waals surface area contributed by atoms with Crippen LogP contribution in [0.5, 0.6) is 5.75 Å². The molecule has 0 aliphatic rings. The van der Waals surface area contributed by atoms with Gasteiger partial charge in [-0.25, -0.2) is 9.59 Å². The van der Waals surface area contributed by atoms with Gasteiger partial charge in [0.25, 0.3) is 0 Å². The minimum atomic E-state index is -2.25. The minimum absolute atomic E-state index is 0.00243. The second kappa shape index (κ2) is 15.1. The van der Waals surface area contributed by atoms with Crippen LogP contribution < -0.4 is 21.9 Å². The van der Waals surface area contributed by atoms with Gasteiger partial charge in [0.15, 0.2) is 13.9 Å². The standard InChI is InChI=1S/C41H44N4O7Si/c1-41(2,3)53(4,5)52-36(30-16-19-34(46)38-31(30)17-20-37(47)44-38)25-42-24-27-14-18-33-35(23-27)51-40(50)45(33)21-9-10-26-13-15-29(28-11-7-6-8-12-28)32(22-26)43-39(48)49/h6-20,22-23,36,42-43,46H,21,24-25H2,1-5H3,(H,44,47)(H,48,49)/b10-9+/t36-/m1/s1. The zero-order valence-corrected chi connectivity index (χ0v) is 31.4.